The van der Waals surface area contributed by atoms with Crippen molar-refractivity contribution in [2.24, 2.45) is 0 Å². The number of H-pyrrole nitrogens is 1. The van der Waals surface area contributed by atoms with Gasteiger partial charge >= 0.3 is 5.97 Å². The maximum atomic E-state index is 13.1. The summed E-state index contributed by atoms with van der Waals surface area (Å²) in [4.78, 5) is 11.1. The molecule has 2 N–H and O–H groups in total. The molecule has 88 valence electrons. The number of aryl methyl sites for hydroxylation is 1. The molecular weight excluding hydrogens is 291 g/mol. The first-order chi connectivity index (χ1) is 8.00. The van der Waals surface area contributed by atoms with E-state index >= 15 is 0 Å². The van der Waals surface area contributed by atoms with E-state index in [1.807, 2.05) is 0 Å². The highest BCUT2D eigenvalue weighted by molar-refractivity contribution is 9.10. The lowest BCUT2D eigenvalue weighted by molar-refractivity contribution is 0.0697. The van der Waals surface area contributed by atoms with E-state index in [0.717, 1.165) is 0 Å². The lowest BCUT2D eigenvalue weighted by atomic mass is 10.1. The van der Waals surface area contributed by atoms with Crippen LogP contribution in [0.15, 0.2) is 22.7 Å². The quantitative estimate of drug-likeness (QED) is 0.896. The monoisotopic (exact) mass is 298 g/mol. The van der Waals surface area contributed by atoms with Gasteiger partial charge in [0.1, 0.15) is 17.1 Å². The van der Waals surface area contributed by atoms with Gasteiger partial charge in [-0.15, -0.1) is 0 Å². The van der Waals surface area contributed by atoms with Crippen molar-refractivity contribution >= 4 is 21.9 Å². The molecule has 6 heteroatoms. The van der Waals surface area contributed by atoms with Crippen molar-refractivity contribution in [1.82, 2.24) is 10.2 Å². The molecule has 0 aliphatic carbocycles. The van der Waals surface area contributed by atoms with Gasteiger partial charge in [0.25, 0.3) is 0 Å². The second-order valence-corrected chi connectivity index (χ2v) is 4.36. The molecule has 0 unspecified atom stereocenters. The number of carbonyl (C=O) groups is 1. The highest BCUT2D eigenvalue weighted by atomic mass is 79.9. The minimum absolute atomic E-state index is 0.100. The number of rotatable bonds is 2. The van der Waals surface area contributed by atoms with Gasteiger partial charge in [0.05, 0.1) is 4.47 Å². The number of carboxylic acid groups (broad SMARTS) is 1. The molecule has 0 radical (unpaired) electrons. The minimum atomic E-state index is -1.06. The van der Waals surface area contributed by atoms with Crippen molar-refractivity contribution < 1.29 is 14.3 Å². The minimum Gasteiger partial charge on any atom is -0.478 e. The van der Waals surface area contributed by atoms with E-state index in [-0.39, 0.29) is 10.0 Å². The summed E-state index contributed by atoms with van der Waals surface area (Å²) in [6, 6.07) is 4.24. The van der Waals surface area contributed by atoms with Crippen LogP contribution in [-0.4, -0.2) is 21.3 Å². The van der Waals surface area contributed by atoms with Gasteiger partial charge in [-0.25, -0.2) is 9.18 Å². The van der Waals surface area contributed by atoms with Crippen LogP contribution < -0.4 is 0 Å². The highest BCUT2D eigenvalue weighted by Gasteiger charge is 2.18. The second kappa shape index (κ2) is 4.29. The van der Waals surface area contributed by atoms with E-state index < -0.39 is 11.8 Å². The largest absolute Gasteiger partial charge is 0.478 e. The molecular formula is C11H8BrFN2O2. The number of carboxylic acids is 1. The SMILES string of the molecule is Cc1[nH]nc(-c2ccc(F)c(Br)c2)c1C(=O)O. The number of hydrogen-bond donors (Lipinski definition) is 2. The lowest BCUT2D eigenvalue weighted by Crippen LogP contribution is -1.99. The number of nitrogens with one attached hydrogen (secondary N) is 1. The molecule has 0 bridgehead atoms. The Hall–Kier alpha value is -1.69. The number of hydrogen-bond acceptors (Lipinski definition) is 2. The summed E-state index contributed by atoms with van der Waals surface area (Å²) in [5.41, 5.74) is 1.41. The van der Waals surface area contributed by atoms with E-state index in [0.29, 0.717) is 17.0 Å². The molecule has 17 heavy (non-hydrogen) atoms. The molecule has 0 aliphatic rings. The number of aromatic nitrogens is 2. The molecule has 2 rings (SSSR count). The number of aromatic carboxylic acids is 1. The molecule has 0 aliphatic heterocycles. The Balaban J connectivity index is 2.60. The third-order valence-corrected chi connectivity index (χ3v) is 2.96. The summed E-state index contributed by atoms with van der Waals surface area (Å²) in [6.07, 6.45) is 0. The lowest BCUT2D eigenvalue weighted by Gasteiger charge is -2.01. The molecule has 1 aromatic heterocycles. The Kier molecular flexibility index (Phi) is 2.97. The number of nitrogens with zero attached hydrogens (tertiary/aromatic N) is 1. The Labute approximate surface area is 105 Å². The van der Waals surface area contributed by atoms with E-state index in [9.17, 15) is 9.18 Å². The van der Waals surface area contributed by atoms with E-state index in [2.05, 4.69) is 26.1 Å². The summed E-state index contributed by atoms with van der Waals surface area (Å²) in [5.74, 6) is -1.47. The zero-order valence-electron chi connectivity index (χ0n) is 8.79. The number of benzene rings is 1. The normalized spacial score (nSPS) is 10.5. The van der Waals surface area contributed by atoms with Gasteiger partial charge in [0.2, 0.25) is 0 Å². The molecule has 0 atom stereocenters. The average molecular weight is 299 g/mol. The van der Waals surface area contributed by atoms with Crippen LogP contribution >= 0.6 is 15.9 Å². The highest BCUT2D eigenvalue weighted by Crippen LogP contribution is 2.27. The molecule has 4 nitrogen and oxygen atoms in total. The third kappa shape index (κ3) is 2.08. The number of aromatic amines is 1. The topological polar surface area (TPSA) is 66.0 Å². The Morgan fingerprint density at radius 1 is 1.53 bits per heavy atom. The smallest absolute Gasteiger partial charge is 0.339 e. The van der Waals surface area contributed by atoms with Crippen LogP contribution in [0.5, 0.6) is 0 Å². The molecule has 0 spiro atoms. The zero-order valence-corrected chi connectivity index (χ0v) is 10.4. The standard InChI is InChI=1S/C11H8BrFN2O2/c1-5-9(11(16)17)10(15-14-5)6-2-3-8(13)7(12)4-6/h2-4H,1H3,(H,14,15)(H,16,17). The summed E-state index contributed by atoms with van der Waals surface area (Å²) < 4.78 is 13.4. The molecule has 0 saturated heterocycles. The van der Waals surface area contributed by atoms with Crippen LogP contribution in [0.3, 0.4) is 0 Å². The Bertz CT molecular complexity index is 595. The first-order valence-electron chi connectivity index (χ1n) is 4.74. The van der Waals surface area contributed by atoms with Crippen molar-refractivity contribution in [2.45, 2.75) is 6.92 Å². The second-order valence-electron chi connectivity index (χ2n) is 3.51. The van der Waals surface area contributed by atoms with E-state index in [1.165, 1.54) is 18.2 Å². The van der Waals surface area contributed by atoms with Crippen LogP contribution in [0.4, 0.5) is 4.39 Å². The van der Waals surface area contributed by atoms with Gasteiger partial charge in [-0.2, -0.15) is 5.10 Å². The summed E-state index contributed by atoms with van der Waals surface area (Å²) in [5, 5.41) is 15.6. The van der Waals surface area contributed by atoms with Crippen molar-refractivity contribution in [2.75, 3.05) is 0 Å². The average Bonchev–Trinajstić information content (AvgIpc) is 2.64. The maximum Gasteiger partial charge on any atom is 0.339 e. The summed E-state index contributed by atoms with van der Waals surface area (Å²) >= 11 is 3.05. The van der Waals surface area contributed by atoms with Crippen molar-refractivity contribution in [1.29, 1.82) is 0 Å². The van der Waals surface area contributed by atoms with Crippen molar-refractivity contribution in [3.63, 3.8) is 0 Å². The molecule has 2 aromatic rings. The van der Waals surface area contributed by atoms with Gasteiger partial charge in [0, 0.05) is 11.3 Å². The van der Waals surface area contributed by atoms with Crippen LogP contribution in [0.2, 0.25) is 0 Å². The number of halogens is 2. The van der Waals surface area contributed by atoms with Crippen molar-refractivity contribution in [3.05, 3.63) is 39.7 Å². The fourth-order valence-corrected chi connectivity index (χ4v) is 1.92. The first-order valence-corrected chi connectivity index (χ1v) is 5.53. The van der Waals surface area contributed by atoms with Gasteiger partial charge < -0.3 is 5.11 Å². The van der Waals surface area contributed by atoms with E-state index in [4.69, 9.17) is 5.11 Å². The Morgan fingerprint density at radius 3 is 2.82 bits per heavy atom. The van der Waals surface area contributed by atoms with Crippen LogP contribution in [0.1, 0.15) is 16.1 Å². The van der Waals surface area contributed by atoms with E-state index in [1.54, 1.807) is 6.92 Å². The van der Waals surface area contributed by atoms with Gasteiger partial charge in [0.15, 0.2) is 0 Å². The van der Waals surface area contributed by atoms with Crippen LogP contribution in [0, 0.1) is 12.7 Å². The zero-order chi connectivity index (χ0) is 12.6. The van der Waals surface area contributed by atoms with Gasteiger partial charge in [-0.3, -0.25) is 5.10 Å². The predicted molar refractivity (Wildman–Crippen MR) is 63.4 cm³/mol. The summed E-state index contributed by atoms with van der Waals surface area (Å²) in [7, 11) is 0. The Morgan fingerprint density at radius 2 is 2.24 bits per heavy atom. The van der Waals surface area contributed by atoms with Gasteiger partial charge in [-0.05, 0) is 41.1 Å². The fourth-order valence-electron chi connectivity index (χ4n) is 1.54. The fraction of sp³-hybridized carbons (Fsp3) is 0.0909. The molecule has 0 amide bonds. The van der Waals surface area contributed by atoms with Gasteiger partial charge in [-0.1, -0.05) is 0 Å². The van der Waals surface area contributed by atoms with Crippen LogP contribution in [-0.2, 0) is 0 Å². The maximum absolute atomic E-state index is 13.1. The first kappa shape index (κ1) is 11.8. The molecule has 0 saturated carbocycles. The third-order valence-electron chi connectivity index (χ3n) is 2.35. The van der Waals surface area contributed by atoms with Crippen molar-refractivity contribution in [3.8, 4) is 11.3 Å². The summed E-state index contributed by atoms with van der Waals surface area (Å²) in [6.45, 7) is 1.62. The van der Waals surface area contributed by atoms with Crippen LogP contribution in [0.25, 0.3) is 11.3 Å². The molecule has 1 aromatic carbocycles. The predicted octanol–water partition coefficient (Wildman–Crippen LogP) is 2.98. The molecule has 0 fully saturated rings. The molecule has 1 heterocycles.